The molecule has 0 heterocycles. The quantitative estimate of drug-likeness (QED) is 0.768. The molecule has 3 unspecified atom stereocenters. The summed E-state index contributed by atoms with van der Waals surface area (Å²) in [7, 11) is 0. The molecule has 0 aromatic heterocycles. The van der Waals surface area contributed by atoms with E-state index in [4.69, 9.17) is 0 Å². The first-order valence-corrected chi connectivity index (χ1v) is 6.83. The van der Waals surface area contributed by atoms with Crippen molar-refractivity contribution in [1.82, 2.24) is 5.32 Å². The van der Waals surface area contributed by atoms with Crippen molar-refractivity contribution in [2.75, 3.05) is 6.54 Å². The summed E-state index contributed by atoms with van der Waals surface area (Å²) in [6.07, 6.45) is 3.99. The second kappa shape index (κ2) is 5.61. The summed E-state index contributed by atoms with van der Waals surface area (Å²) in [6.45, 7) is 5.37. The molecule has 1 fully saturated rings. The lowest BCUT2D eigenvalue weighted by Gasteiger charge is -2.21. The van der Waals surface area contributed by atoms with Gasteiger partial charge in [-0.3, -0.25) is 0 Å². The highest BCUT2D eigenvalue weighted by atomic mass is 16.3. The van der Waals surface area contributed by atoms with E-state index in [1.807, 2.05) is 6.92 Å². The normalized spacial score (nSPS) is 25.2. The third-order valence-corrected chi connectivity index (χ3v) is 4.21. The van der Waals surface area contributed by atoms with E-state index >= 15 is 0 Å². The van der Waals surface area contributed by atoms with Crippen LogP contribution in [0.1, 0.15) is 44.7 Å². The summed E-state index contributed by atoms with van der Waals surface area (Å²) in [4.78, 5) is 0. The molecule has 100 valence electrons. The number of phenolic OH excluding ortho intramolecular Hbond substituents is 2. The zero-order chi connectivity index (χ0) is 13.1. The molecular formula is C15H23NO2. The van der Waals surface area contributed by atoms with Gasteiger partial charge in [0.2, 0.25) is 0 Å². The lowest BCUT2D eigenvalue weighted by Crippen LogP contribution is -2.27. The Morgan fingerprint density at radius 3 is 2.72 bits per heavy atom. The highest BCUT2D eigenvalue weighted by Crippen LogP contribution is 2.32. The molecule has 0 amide bonds. The summed E-state index contributed by atoms with van der Waals surface area (Å²) in [5, 5.41) is 22.6. The second-order valence-electron chi connectivity index (χ2n) is 5.54. The van der Waals surface area contributed by atoms with Gasteiger partial charge in [-0.15, -0.1) is 0 Å². The SMILES string of the molecule is CC(NCC1CCCC1C)c1ccc(O)cc1O. The van der Waals surface area contributed by atoms with Crippen LogP contribution in [0.5, 0.6) is 11.5 Å². The fraction of sp³-hybridized carbons (Fsp3) is 0.600. The van der Waals surface area contributed by atoms with Crippen molar-refractivity contribution in [2.24, 2.45) is 11.8 Å². The monoisotopic (exact) mass is 249 g/mol. The molecule has 0 spiro atoms. The van der Waals surface area contributed by atoms with E-state index in [2.05, 4.69) is 12.2 Å². The average Bonchev–Trinajstić information content (AvgIpc) is 2.72. The van der Waals surface area contributed by atoms with Crippen LogP contribution in [-0.4, -0.2) is 16.8 Å². The van der Waals surface area contributed by atoms with Crippen LogP contribution in [-0.2, 0) is 0 Å². The van der Waals surface area contributed by atoms with Gasteiger partial charge in [0.05, 0.1) is 0 Å². The van der Waals surface area contributed by atoms with Gasteiger partial charge in [-0.25, -0.2) is 0 Å². The van der Waals surface area contributed by atoms with Crippen molar-refractivity contribution < 1.29 is 10.2 Å². The van der Waals surface area contributed by atoms with Crippen LogP contribution in [0.4, 0.5) is 0 Å². The van der Waals surface area contributed by atoms with Crippen LogP contribution in [0.25, 0.3) is 0 Å². The Morgan fingerprint density at radius 1 is 1.33 bits per heavy atom. The van der Waals surface area contributed by atoms with E-state index < -0.39 is 0 Å². The number of rotatable bonds is 4. The number of benzene rings is 1. The molecule has 1 aromatic rings. The predicted octanol–water partition coefficient (Wildman–Crippen LogP) is 3.18. The van der Waals surface area contributed by atoms with Crippen LogP contribution in [0.15, 0.2) is 18.2 Å². The lowest BCUT2D eigenvalue weighted by molar-refractivity contribution is 0.369. The molecule has 0 aliphatic heterocycles. The number of hydrogen-bond acceptors (Lipinski definition) is 3. The Hall–Kier alpha value is -1.22. The molecule has 3 N–H and O–H groups in total. The van der Waals surface area contributed by atoms with Crippen molar-refractivity contribution >= 4 is 0 Å². The maximum atomic E-state index is 9.81. The third kappa shape index (κ3) is 2.96. The molecule has 0 saturated heterocycles. The van der Waals surface area contributed by atoms with Crippen molar-refractivity contribution in [3.63, 3.8) is 0 Å². The number of hydrogen-bond donors (Lipinski definition) is 3. The Kier molecular flexibility index (Phi) is 4.12. The smallest absolute Gasteiger partial charge is 0.124 e. The van der Waals surface area contributed by atoms with E-state index in [0.29, 0.717) is 0 Å². The van der Waals surface area contributed by atoms with Gasteiger partial charge in [0, 0.05) is 17.7 Å². The summed E-state index contributed by atoms with van der Waals surface area (Å²) < 4.78 is 0. The molecule has 1 aliphatic carbocycles. The van der Waals surface area contributed by atoms with E-state index in [0.717, 1.165) is 23.9 Å². The van der Waals surface area contributed by atoms with E-state index in [1.54, 1.807) is 12.1 Å². The lowest BCUT2D eigenvalue weighted by atomic mass is 9.97. The fourth-order valence-electron chi connectivity index (χ4n) is 2.86. The topological polar surface area (TPSA) is 52.5 Å². The highest BCUT2D eigenvalue weighted by Gasteiger charge is 2.23. The van der Waals surface area contributed by atoms with Gasteiger partial charge in [0.15, 0.2) is 0 Å². The minimum absolute atomic E-state index is 0.105. The molecule has 0 radical (unpaired) electrons. The maximum Gasteiger partial charge on any atom is 0.124 e. The zero-order valence-electron chi connectivity index (χ0n) is 11.2. The molecular weight excluding hydrogens is 226 g/mol. The van der Waals surface area contributed by atoms with Crippen molar-refractivity contribution in [3.8, 4) is 11.5 Å². The highest BCUT2D eigenvalue weighted by molar-refractivity contribution is 5.40. The number of nitrogens with one attached hydrogen (secondary N) is 1. The van der Waals surface area contributed by atoms with E-state index in [9.17, 15) is 10.2 Å². The first-order chi connectivity index (χ1) is 8.58. The van der Waals surface area contributed by atoms with Gasteiger partial charge in [-0.2, -0.15) is 0 Å². The molecule has 3 atom stereocenters. The van der Waals surface area contributed by atoms with Gasteiger partial charge in [0.25, 0.3) is 0 Å². The molecule has 1 saturated carbocycles. The number of phenols is 2. The fourth-order valence-corrected chi connectivity index (χ4v) is 2.86. The minimum Gasteiger partial charge on any atom is -0.508 e. The Balaban J connectivity index is 1.93. The maximum absolute atomic E-state index is 9.81. The van der Waals surface area contributed by atoms with E-state index in [-0.39, 0.29) is 17.5 Å². The predicted molar refractivity (Wildman–Crippen MR) is 72.7 cm³/mol. The van der Waals surface area contributed by atoms with Gasteiger partial charge in [-0.1, -0.05) is 25.8 Å². The van der Waals surface area contributed by atoms with Crippen molar-refractivity contribution in [2.45, 2.75) is 39.2 Å². The summed E-state index contributed by atoms with van der Waals surface area (Å²) in [5.41, 5.74) is 0.846. The van der Waals surface area contributed by atoms with Gasteiger partial charge < -0.3 is 15.5 Å². The van der Waals surface area contributed by atoms with Crippen LogP contribution in [0.3, 0.4) is 0 Å². The molecule has 18 heavy (non-hydrogen) atoms. The summed E-state index contributed by atoms with van der Waals surface area (Å²) >= 11 is 0. The van der Waals surface area contributed by atoms with Gasteiger partial charge >= 0.3 is 0 Å². The average molecular weight is 249 g/mol. The molecule has 0 bridgehead atoms. The second-order valence-corrected chi connectivity index (χ2v) is 5.54. The van der Waals surface area contributed by atoms with Crippen LogP contribution >= 0.6 is 0 Å². The molecule has 1 aliphatic rings. The zero-order valence-corrected chi connectivity index (χ0v) is 11.2. The Bertz CT molecular complexity index is 405. The molecule has 3 nitrogen and oxygen atoms in total. The van der Waals surface area contributed by atoms with Crippen LogP contribution in [0, 0.1) is 11.8 Å². The Labute approximate surface area is 109 Å². The standard InChI is InChI=1S/C15H23NO2/c1-10-4-3-5-12(10)9-16-11(2)14-7-6-13(17)8-15(14)18/h6-8,10-12,16-18H,3-5,9H2,1-2H3. The minimum atomic E-state index is 0.105. The Morgan fingerprint density at radius 2 is 2.11 bits per heavy atom. The molecule has 1 aromatic carbocycles. The number of aromatic hydroxyl groups is 2. The van der Waals surface area contributed by atoms with Crippen LogP contribution in [0.2, 0.25) is 0 Å². The van der Waals surface area contributed by atoms with Gasteiger partial charge in [-0.05, 0) is 37.8 Å². The first-order valence-electron chi connectivity index (χ1n) is 6.83. The van der Waals surface area contributed by atoms with E-state index in [1.165, 1.54) is 25.3 Å². The van der Waals surface area contributed by atoms with Crippen molar-refractivity contribution in [3.05, 3.63) is 23.8 Å². The largest absolute Gasteiger partial charge is 0.508 e. The third-order valence-electron chi connectivity index (χ3n) is 4.21. The molecule has 2 rings (SSSR count). The molecule has 3 heteroatoms. The van der Waals surface area contributed by atoms with Crippen LogP contribution < -0.4 is 5.32 Å². The van der Waals surface area contributed by atoms with Gasteiger partial charge in [0.1, 0.15) is 11.5 Å². The van der Waals surface area contributed by atoms with Crippen molar-refractivity contribution in [1.29, 1.82) is 0 Å². The summed E-state index contributed by atoms with van der Waals surface area (Å²) in [6, 6.07) is 4.90. The summed E-state index contributed by atoms with van der Waals surface area (Å²) in [5.74, 6) is 1.83. The first kappa shape index (κ1) is 13.2.